The van der Waals surface area contributed by atoms with Gasteiger partial charge in [-0.25, -0.2) is 0 Å². The van der Waals surface area contributed by atoms with Crippen molar-refractivity contribution >= 4 is 15.9 Å². The third-order valence-electron chi connectivity index (χ3n) is 0.731. The van der Waals surface area contributed by atoms with E-state index >= 15 is 0 Å². The highest BCUT2D eigenvalue weighted by atomic mass is 79.9. The van der Waals surface area contributed by atoms with E-state index in [-0.39, 0.29) is 0 Å². The summed E-state index contributed by atoms with van der Waals surface area (Å²) in [7, 11) is 0. The molecule has 0 saturated heterocycles. The first kappa shape index (κ1) is 6.54. The molecular weight excluding hydrogens is 186 g/mol. The topological polar surface area (TPSA) is 39.9 Å². The summed E-state index contributed by atoms with van der Waals surface area (Å²) in [6.07, 6.45) is 1.57. The molecule has 0 radical (unpaired) electrons. The first-order chi connectivity index (χ1) is 4.34. The van der Waals surface area contributed by atoms with Crippen molar-refractivity contribution in [2.45, 2.75) is 6.92 Å². The van der Waals surface area contributed by atoms with Gasteiger partial charge in [-0.1, -0.05) is 4.85 Å². The lowest BCUT2D eigenvalue weighted by molar-refractivity contribution is 0.0836. The van der Waals surface area contributed by atoms with Crippen molar-refractivity contribution in [2.75, 3.05) is 6.61 Å². The molecule has 0 atom stereocenters. The first-order valence-corrected chi connectivity index (χ1v) is 3.33. The summed E-state index contributed by atoms with van der Waals surface area (Å²) in [5, 5.41) is 7.18. The minimum atomic E-state index is 0.585. The van der Waals surface area contributed by atoms with Crippen molar-refractivity contribution in [3.63, 3.8) is 0 Å². The Morgan fingerprint density at radius 2 is 2.67 bits per heavy atom. The van der Waals surface area contributed by atoms with Gasteiger partial charge >= 0.3 is 0 Å². The van der Waals surface area contributed by atoms with Crippen LogP contribution in [0.4, 0.5) is 0 Å². The fourth-order valence-corrected chi connectivity index (χ4v) is 0.687. The molecule has 0 aliphatic heterocycles. The quantitative estimate of drug-likeness (QED) is 0.684. The summed E-state index contributed by atoms with van der Waals surface area (Å²) in [5.41, 5.74) is 0. The van der Waals surface area contributed by atoms with Gasteiger partial charge in [0.25, 0.3) is 0 Å². The molecule has 50 valence electrons. The number of hydrogen-bond donors (Lipinski definition) is 0. The van der Waals surface area contributed by atoms with E-state index < -0.39 is 0 Å². The monoisotopic (exact) mass is 191 g/mol. The highest BCUT2D eigenvalue weighted by Gasteiger charge is 1.96. The fourth-order valence-electron chi connectivity index (χ4n) is 0.422. The average molecular weight is 192 g/mol. The molecule has 0 aromatic carbocycles. The Morgan fingerprint density at radius 3 is 3.11 bits per heavy atom. The molecule has 0 fully saturated rings. The maximum atomic E-state index is 4.97. The van der Waals surface area contributed by atoms with E-state index in [9.17, 15) is 0 Å². The van der Waals surface area contributed by atoms with Gasteiger partial charge in [-0.05, 0) is 28.1 Å². The second-order valence-electron chi connectivity index (χ2n) is 1.35. The largest absolute Gasteiger partial charge is 0.395 e. The van der Waals surface area contributed by atoms with Crippen LogP contribution in [0.1, 0.15) is 6.92 Å². The number of aromatic nitrogens is 3. The molecule has 4 nitrogen and oxygen atoms in total. The van der Waals surface area contributed by atoms with Gasteiger partial charge in [0, 0.05) is 0 Å². The highest BCUT2D eigenvalue weighted by Crippen LogP contribution is 2.02. The highest BCUT2D eigenvalue weighted by molar-refractivity contribution is 9.10. The molecule has 0 N–H and O–H groups in total. The standard InChI is InChI=1S/C4H6BrN3O/c1-2-9-8-4(5)3-6-7-8/h3H,2H2,1H3. The molecule has 0 aliphatic rings. The van der Waals surface area contributed by atoms with Gasteiger partial charge in [0.05, 0.1) is 6.20 Å². The van der Waals surface area contributed by atoms with Crippen LogP contribution in [0.5, 0.6) is 0 Å². The van der Waals surface area contributed by atoms with Gasteiger partial charge in [0.1, 0.15) is 6.61 Å². The number of halogens is 1. The van der Waals surface area contributed by atoms with E-state index in [4.69, 9.17) is 4.84 Å². The molecule has 9 heavy (non-hydrogen) atoms. The van der Waals surface area contributed by atoms with E-state index in [1.54, 1.807) is 6.20 Å². The Labute approximate surface area is 60.9 Å². The summed E-state index contributed by atoms with van der Waals surface area (Å²) in [4.78, 5) is 6.29. The van der Waals surface area contributed by atoms with Crippen LogP contribution in [-0.2, 0) is 0 Å². The van der Waals surface area contributed by atoms with E-state index in [0.717, 1.165) is 4.60 Å². The first-order valence-electron chi connectivity index (χ1n) is 2.54. The van der Waals surface area contributed by atoms with Crippen LogP contribution in [-0.4, -0.2) is 21.8 Å². The average Bonchev–Trinajstić information content (AvgIpc) is 2.18. The van der Waals surface area contributed by atoms with Gasteiger partial charge in [-0.3, -0.25) is 0 Å². The third-order valence-corrected chi connectivity index (χ3v) is 1.24. The third kappa shape index (κ3) is 1.41. The minimum Gasteiger partial charge on any atom is -0.395 e. The van der Waals surface area contributed by atoms with Crippen molar-refractivity contribution < 1.29 is 4.84 Å². The Morgan fingerprint density at radius 1 is 1.89 bits per heavy atom. The molecule has 0 unspecified atom stereocenters. The van der Waals surface area contributed by atoms with Crippen molar-refractivity contribution in [1.29, 1.82) is 0 Å². The lowest BCUT2D eigenvalue weighted by Crippen LogP contribution is -2.12. The minimum absolute atomic E-state index is 0.585. The van der Waals surface area contributed by atoms with E-state index in [1.165, 1.54) is 4.85 Å². The lowest BCUT2D eigenvalue weighted by Gasteiger charge is -1.98. The van der Waals surface area contributed by atoms with Crippen LogP contribution in [0.25, 0.3) is 0 Å². The molecule has 0 spiro atoms. The maximum absolute atomic E-state index is 4.97. The van der Waals surface area contributed by atoms with Crippen LogP contribution < -0.4 is 4.84 Å². The van der Waals surface area contributed by atoms with Crippen molar-refractivity contribution in [3.8, 4) is 0 Å². The molecule has 0 bridgehead atoms. The summed E-state index contributed by atoms with van der Waals surface area (Å²) < 4.78 is 0.726. The van der Waals surface area contributed by atoms with E-state index in [2.05, 4.69) is 26.2 Å². The number of nitrogens with zero attached hydrogens (tertiary/aromatic N) is 3. The van der Waals surface area contributed by atoms with E-state index in [1.807, 2.05) is 6.92 Å². The lowest BCUT2D eigenvalue weighted by atomic mass is 10.9. The molecule has 5 heteroatoms. The second kappa shape index (κ2) is 2.82. The van der Waals surface area contributed by atoms with E-state index in [0.29, 0.717) is 6.61 Å². The van der Waals surface area contributed by atoms with Gasteiger partial charge in [-0.2, -0.15) is 0 Å². The van der Waals surface area contributed by atoms with Crippen molar-refractivity contribution in [1.82, 2.24) is 15.2 Å². The predicted octanol–water partition coefficient (Wildman–Crippen LogP) is 0.489. The Bertz CT molecular complexity index is 188. The molecule has 0 amide bonds. The zero-order valence-electron chi connectivity index (χ0n) is 4.91. The van der Waals surface area contributed by atoms with Gasteiger partial charge in [0.2, 0.25) is 0 Å². The van der Waals surface area contributed by atoms with Gasteiger partial charge in [-0.15, -0.1) is 5.10 Å². The Balaban J connectivity index is 2.69. The van der Waals surface area contributed by atoms with Gasteiger partial charge < -0.3 is 4.84 Å². The fraction of sp³-hybridized carbons (Fsp3) is 0.500. The Kier molecular flexibility index (Phi) is 2.05. The predicted molar refractivity (Wildman–Crippen MR) is 34.8 cm³/mol. The molecule has 1 aromatic heterocycles. The van der Waals surface area contributed by atoms with Crippen LogP contribution in [0, 0.1) is 0 Å². The van der Waals surface area contributed by atoms with Crippen LogP contribution in [0.15, 0.2) is 10.8 Å². The zero-order valence-corrected chi connectivity index (χ0v) is 6.50. The molecule has 1 rings (SSSR count). The van der Waals surface area contributed by atoms with Crippen molar-refractivity contribution in [3.05, 3.63) is 10.8 Å². The normalized spacial score (nSPS) is 9.56. The molecule has 1 aromatic rings. The van der Waals surface area contributed by atoms with Crippen LogP contribution in [0.3, 0.4) is 0 Å². The number of hydrogen-bond acceptors (Lipinski definition) is 3. The van der Waals surface area contributed by atoms with Gasteiger partial charge in [0.15, 0.2) is 4.60 Å². The summed E-state index contributed by atoms with van der Waals surface area (Å²) in [6, 6.07) is 0. The van der Waals surface area contributed by atoms with Crippen LogP contribution >= 0.6 is 15.9 Å². The van der Waals surface area contributed by atoms with Crippen molar-refractivity contribution in [2.24, 2.45) is 0 Å². The Hall–Kier alpha value is -0.580. The number of rotatable bonds is 2. The summed E-state index contributed by atoms with van der Waals surface area (Å²) in [5.74, 6) is 0. The summed E-state index contributed by atoms with van der Waals surface area (Å²) in [6.45, 7) is 2.47. The maximum Gasteiger partial charge on any atom is 0.165 e. The molecule has 0 saturated carbocycles. The zero-order chi connectivity index (χ0) is 6.69. The SMILES string of the molecule is CCOn1nncc1Br. The molecule has 0 aliphatic carbocycles. The second-order valence-corrected chi connectivity index (χ2v) is 2.16. The molecule has 1 heterocycles. The smallest absolute Gasteiger partial charge is 0.165 e. The molecular formula is C4H6BrN3O. The summed E-state index contributed by atoms with van der Waals surface area (Å²) >= 11 is 3.18. The van der Waals surface area contributed by atoms with Crippen LogP contribution in [0.2, 0.25) is 0 Å².